The van der Waals surface area contributed by atoms with Gasteiger partial charge >= 0.3 is 6.09 Å². The van der Waals surface area contributed by atoms with Crippen LogP contribution in [0.3, 0.4) is 0 Å². The van der Waals surface area contributed by atoms with Gasteiger partial charge in [0.2, 0.25) is 0 Å². The predicted molar refractivity (Wildman–Crippen MR) is 55.1 cm³/mol. The number of carbonyl (C=O) groups is 1. The number of rotatable bonds is 0. The molecule has 1 saturated carbocycles. The van der Waals surface area contributed by atoms with E-state index < -0.39 is 6.09 Å². The summed E-state index contributed by atoms with van der Waals surface area (Å²) in [5, 5.41) is 7.19. The lowest BCUT2D eigenvalue weighted by molar-refractivity contribution is 0.205. The van der Waals surface area contributed by atoms with Gasteiger partial charge in [0.1, 0.15) is 0 Å². The molecule has 0 aliphatic heterocycles. The third kappa shape index (κ3) is 11.5. The van der Waals surface area contributed by atoms with E-state index in [4.69, 9.17) is 15.6 Å². The standard InChI is InChI=1S/C7H15N.CH3NO2.ClH/c1-7(8)5-3-2-4-6-7;2-1(3)4;/h2-6,8H2,1H3;2H2,(H,3,4);1H. The third-order valence-corrected chi connectivity index (χ3v) is 2.00. The number of primary amides is 1. The van der Waals surface area contributed by atoms with Crippen LogP contribution in [0.15, 0.2) is 0 Å². The van der Waals surface area contributed by atoms with Crippen molar-refractivity contribution in [2.24, 2.45) is 11.5 Å². The fourth-order valence-corrected chi connectivity index (χ4v) is 1.36. The van der Waals surface area contributed by atoms with Crippen LogP contribution in [0.4, 0.5) is 4.79 Å². The summed E-state index contributed by atoms with van der Waals surface area (Å²) in [6, 6.07) is 0. The minimum atomic E-state index is -1.33. The molecule has 0 aromatic rings. The van der Waals surface area contributed by atoms with Crippen LogP contribution in [0.25, 0.3) is 0 Å². The van der Waals surface area contributed by atoms with Gasteiger partial charge in [0.25, 0.3) is 0 Å². The molecule has 1 rings (SSSR count). The molecular formula is C8H19ClN2O2. The van der Waals surface area contributed by atoms with Crippen molar-refractivity contribution >= 4 is 18.5 Å². The lowest BCUT2D eigenvalue weighted by Crippen LogP contribution is -2.37. The monoisotopic (exact) mass is 210 g/mol. The number of carboxylic acid groups (broad SMARTS) is 1. The number of halogens is 1. The molecule has 1 fully saturated rings. The number of amides is 1. The van der Waals surface area contributed by atoms with Crippen molar-refractivity contribution in [2.45, 2.75) is 44.6 Å². The Morgan fingerprint density at radius 1 is 1.31 bits per heavy atom. The van der Waals surface area contributed by atoms with Crippen LogP contribution >= 0.6 is 12.4 Å². The maximum absolute atomic E-state index is 8.78. The van der Waals surface area contributed by atoms with Gasteiger partial charge in [-0.25, -0.2) is 4.79 Å². The largest absolute Gasteiger partial charge is 0.465 e. The third-order valence-electron chi connectivity index (χ3n) is 2.00. The summed E-state index contributed by atoms with van der Waals surface area (Å²) in [6.07, 6.45) is 5.20. The Bertz CT molecular complexity index is 139. The summed E-state index contributed by atoms with van der Waals surface area (Å²) in [7, 11) is 0. The first-order chi connectivity index (χ1) is 5.44. The van der Waals surface area contributed by atoms with Crippen molar-refractivity contribution in [1.82, 2.24) is 0 Å². The van der Waals surface area contributed by atoms with E-state index in [1.165, 1.54) is 32.1 Å². The first-order valence-corrected chi connectivity index (χ1v) is 4.21. The highest BCUT2D eigenvalue weighted by Gasteiger charge is 2.20. The Hall–Kier alpha value is -0.480. The second-order valence-corrected chi connectivity index (χ2v) is 3.55. The molecule has 0 radical (unpaired) electrons. The molecule has 1 aliphatic rings. The van der Waals surface area contributed by atoms with Gasteiger partial charge < -0.3 is 16.6 Å². The highest BCUT2D eigenvalue weighted by Crippen LogP contribution is 2.24. The molecule has 1 amide bonds. The zero-order valence-corrected chi connectivity index (χ0v) is 8.77. The smallest absolute Gasteiger partial charge is 0.402 e. The molecule has 4 nitrogen and oxygen atoms in total. The zero-order valence-electron chi connectivity index (χ0n) is 7.95. The van der Waals surface area contributed by atoms with Gasteiger partial charge in [0.15, 0.2) is 0 Å². The molecule has 5 N–H and O–H groups in total. The van der Waals surface area contributed by atoms with Crippen LogP contribution in [0.5, 0.6) is 0 Å². The second-order valence-electron chi connectivity index (χ2n) is 3.55. The minimum absolute atomic E-state index is 0. The summed E-state index contributed by atoms with van der Waals surface area (Å²) < 4.78 is 0. The average molecular weight is 211 g/mol. The quantitative estimate of drug-likeness (QED) is 0.569. The molecule has 0 aromatic carbocycles. The topological polar surface area (TPSA) is 89.3 Å². The molecule has 0 spiro atoms. The van der Waals surface area contributed by atoms with Crippen LogP contribution < -0.4 is 11.5 Å². The number of hydrogen-bond donors (Lipinski definition) is 3. The van der Waals surface area contributed by atoms with E-state index in [2.05, 4.69) is 12.7 Å². The van der Waals surface area contributed by atoms with Gasteiger partial charge in [-0.2, -0.15) is 0 Å². The van der Waals surface area contributed by atoms with E-state index in [1.807, 2.05) is 0 Å². The van der Waals surface area contributed by atoms with Crippen molar-refractivity contribution in [3.63, 3.8) is 0 Å². The van der Waals surface area contributed by atoms with Crippen molar-refractivity contribution in [3.05, 3.63) is 0 Å². The molecule has 0 saturated heterocycles. The lowest BCUT2D eigenvalue weighted by atomic mass is 9.84. The fraction of sp³-hybridized carbons (Fsp3) is 0.875. The Morgan fingerprint density at radius 2 is 1.62 bits per heavy atom. The van der Waals surface area contributed by atoms with Crippen LogP contribution in [0.2, 0.25) is 0 Å². The number of hydrogen-bond acceptors (Lipinski definition) is 2. The molecule has 13 heavy (non-hydrogen) atoms. The summed E-state index contributed by atoms with van der Waals surface area (Å²) in [4.78, 5) is 8.78. The van der Waals surface area contributed by atoms with E-state index in [9.17, 15) is 0 Å². The first kappa shape index (κ1) is 15.0. The van der Waals surface area contributed by atoms with Crippen LogP contribution in [0.1, 0.15) is 39.0 Å². The van der Waals surface area contributed by atoms with Crippen molar-refractivity contribution < 1.29 is 9.90 Å². The Morgan fingerprint density at radius 3 is 1.77 bits per heavy atom. The number of nitrogens with two attached hydrogens (primary N) is 2. The fourth-order valence-electron chi connectivity index (χ4n) is 1.36. The Balaban J connectivity index is 0. The van der Waals surface area contributed by atoms with E-state index in [0.29, 0.717) is 0 Å². The maximum atomic E-state index is 8.78. The van der Waals surface area contributed by atoms with E-state index in [-0.39, 0.29) is 17.9 Å². The van der Waals surface area contributed by atoms with Crippen LogP contribution in [0, 0.1) is 0 Å². The summed E-state index contributed by atoms with van der Waals surface area (Å²) >= 11 is 0. The predicted octanol–water partition coefficient (Wildman–Crippen LogP) is 1.71. The van der Waals surface area contributed by atoms with Crippen LogP contribution in [-0.4, -0.2) is 16.7 Å². The summed E-state index contributed by atoms with van der Waals surface area (Å²) in [5.41, 5.74) is 10.1. The molecule has 0 heterocycles. The SMILES string of the molecule is CC1(N)CCCCC1.Cl.NC(=O)O. The molecule has 0 unspecified atom stereocenters. The zero-order chi connectivity index (χ0) is 9.61. The molecule has 1 aliphatic carbocycles. The molecule has 0 aromatic heterocycles. The minimum Gasteiger partial charge on any atom is -0.465 e. The maximum Gasteiger partial charge on any atom is 0.402 e. The average Bonchev–Trinajstić information content (AvgIpc) is 1.85. The molecule has 0 atom stereocenters. The van der Waals surface area contributed by atoms with Crippen molar-refractivity contribution in [3.8, 4) is 0 Å². The van der Waals surface area contributed by atoms with Gasteiger partial charge in [0, 0.05) is 5.54 Å². The highest BCUT2D eigenvalue weighted by atomic mass is 35.5. The normalized spacial score (nSPS) is 18.9. The van der Waals surface area contributed by atoms with Gasteiger partial charge in [-0.3, -0.25) is 0 Å². The molecular weight excluding hydrogens is 192 g/mol. The van der Waals surface area contributed by atoms with E-state index >= 15 is 0 Å². The van der Waals surface area contributed by atoms with Gasteiger partial charge in [0.05, 0.1) is 0 Å². The van der Waals surface area contributed by atoms with Gasteiger partial charge in [-0.05, 0) is 19.8 Å². The van der Waals surface area contributed by atoms with Crippen molar-refractivity contribution in [2.75, 3.05) is 0 Å². The second kappa shape index (κ2) is 6.97. The molecule has 80 valence electrons. The Labute approximate surface area is 85.1 Å². The van der Waals surface area contributed by atoms with E-state index in [0.717, 1.165) is 0 Å². The summed E-state index contributed by atoms with van der Waals surface area (Å²) in [6.45, 7) is 2.16. The summed E-state index contributed by atoms with van der Waals surface area (Å²) in [5.74, 6) is 0. The van der Waals surface area contributed by atoms with E-state index in [1.54, 1.807) is 0 Å². The lowest BCUT2D eigenvalue weighted by Gasteiger charge is -2.28. The first-order valence-electron chi connectivity index (χ1n) is 4.21. The van der Waals surface area contributed by atoms with Gasteiger partial charge in [-0.1, -0.05) is 19.3 Å². The molecule has 5 heteroatoms. The highest BCUT2D eigenvalue weighted by molar-refractivity contribution is 5.85. The molecule has 0 bridgehead atoms. The van der Waals surface area contributed by atoms with Crippen molar-refractivity contribution in [1.29, 1.82) is 0 Å². The van der Waals surface area contributed by atoms with Gasteiger partial charge in [-0.15, -0.1) is 12.4 Å². The van der Waals surface area contributed by atoms with Crippen LogP contribution in [-0.2, 0) is 0 Å². The Kier molecular flexibility index (Phi) is 8.05.